The first kappa shape index (κ1) is 19.2. The van der Waals surface area contributed by atoms with Gasteiger partial charge in [0, 0.05) is 13.0 Å². The molecule has 2 aromatic carbocycles. The highest BCUT2D eigenvalue weighted by Crippen LogP contribution is 2.25. The van der Waals surface area contributed by atoms with Gasteiger partial charge in [-0.3, -0.25) is 4.79 Å². The predicted octanol–water partition coefficient (Wildman–Crippen LogP) is 4.97. The number of fused-ring (bicyclic) bond motifs is 1. The van der Waals surface area contributed by atoms with Crippen LogP contribution in [-0.4, -0.2) is 15.5 Å². The van der Waals surface area contributed by atoms with Crippen molar-refractivity contribution in [2.45, 2.75) is 59.0 Å². The summed E-state index contributed by atoms with van der Waals surface area (Å²) in [6.45, 7) is 11.3. The molecule has 1 atom stereocenters. The quantitative estimate of drug-likeness (QED) is 0.696. The van der Waals surface area contributed by atoms with Crippen LogP contribution in [-0.2, 0) is 16.8 Å². The smallest absolute Gasteiger partial charge is 0.220 e. The van der Waals surface area contributed by atoms with Crippen LogP contribution in [0.1, 0.15) is 64.0 Å². The summed E-state index contributed by atoms with van der Waals surface area (Å²) in [4.78, 5) is 16.7. The van der Waals surface area contributed by atoms with Crippen LogP contribution in [0.3, 0.4) is 0 Å². The van der Waals surface area contributed by atoms with Crippen molar-refractivity contribution in [1.82, 2.24) is 14.9 Å². The molecule has 3 rings (SSSR count). The fourth-order valence-corrected chi connectivity index (χ4v) is 3.29. The molecule has 0 radical (unpaired) electrons. The van der Waals surface area contributed by atoms with Gasteiger partial charge in [0.05, 0.1) is 17.1 Å². The molecule has 1 N–H and O–H groups in total. The molecule has 1 amide bonds. The third kappa shape index (κ3) is 4.21. The topological polar surface area (TPSA) is 46.9 Å². The van der Waals surface area contributed by atoms with Crippen molar-refractivity contribution in [3.05, 3.63) is 65.5 Å². The Labute approximate surface area is 161 Å². The Hall–Kier alpha value is -2.62. The van der Waals surface area contributed by atoms with E-state index in [9.17, 15) is 4.79 Å². The van der Waals surface area contributed by atoms with Gasteiger partial charge in [-0.05, 0) is 35.6 Å². The number of para-hydroxylation sites is 2. The molecule has 1 unspecified atom stereocenters. The lowest BCUT2D eigenvalue weighted by Gasteiger charge is -2.20. The summed E-state index contributed by atoms with van der Waals surface area (Å²) >= 11 is 0. The molecule has 0 bridgehead atoms. The van der Waals surface area contributed by atoms with Crippen LogP contribution in [0, 0.1) is 0 Å². The minimum Gasteiger partial charge on any atom is -0.346 e. The average Bonchev–Trinajstić information content (AvgIpc) is 3.00. The normalized spacial score (nSPS) is 12.9. The Balaban J connectivity index is 1.97. The third-order valence-electron chi connectivity index (χ3n) is 4.93. The molecule has 0 saturated heterocycles. The van der Waals surface area contributed by atoms with Crippen LogP contribution < -0.4 is 5.32 Å². The fourth-order valence-electron chi connectivity index (χ4n) is 3.29. The molecule has 0 aliphatic rings. The molecule has 3 aromatic rings. The van der Waals surface area contributed by atoms with Gasteiger partial charge in [0.15, 0.2) is 0 Å². The third-order valence-corrected chi connectivity index (χ3v) is 4.93. The molecule has 27 heavy (non-hydrogen) atoms. The van der Waals surface area contributed by atoms with E-state index < -0.39 is 0 Å². The van der Waals surface area contributed by atoms with Gasteiger partial charge in [-0.25, -0.2) is 4.98 Å². The molecule has 4 heteroatoms. The molecule has 0 aliphatic carbocycles. The zero-order valence-electron chi connectivity index (χ0n) is 16.9. The zero-order chi connectivity index (χ0) is 19.6. The number of aromatic nitrogens is 2. The summed E-state index contributed by atoms with van der Waals surface area (Å²) in [6.07, 6.45) is 0.471. The van der Waals surface area contributed by atoms with Crippen molar-refractivity contribution in [3.8, 4) is 0 Å². The highest BCUT2D eigenvalue weighted by molar-refractivity contribution is 5.78. The number of carbonyl (C=O) groups is 1. The number of hydrogen-bond acceptors (Lipinski definition) is 2. The Morgan fingerprint density at radius 2 is 1.78 bits per heavy atom. The lowest BCUT2D eigenvalue weighted by atomic mass is 9.87. The SMILES string of the molecule is CCC(=O)NC(C)c1nc2ccccc2n1Cc1ccc(C(C)(C)C)cc1. The van der Waals surface area contributed by atoms with Crippen molar-refractivity contribution in [3.63, 3.8) is 0 Å². The van der Waals surface area contributed by atoms with Crippen LogP contribution in [0.15, 0.2) is 48.5 Å². The van der Waals surface area contributed by atoms with Crippen LogP contribution >= 0.6 is 0 Å². The molecule has 0 saturated carbocycles. The van der Waals surface area contributed by atoms with Crippen LogP contribution in [0.4, 0.5) is 0 Å². The summed E-state index contributed by atoms with van der Waals surface area (Å²) < 4.78 is 2.21. The van der Waals surface area contributed by atoms with E-state index in [4.69, 9.17) is 4.98 Å². The second-order valence-electron chi connectivity index (χ2n) is 8.13. The maximum Gasteiger partial charge on any atom is 0.220 e. The highest BCUT2D eigenvalue weighted by atomic mass is 16.1. The van der Waals surface area contributed by atoms with Crippen LogP contribution in [0.2, 0.25) is 0 Å². The van der Waals surface area contributed by atoms with Gasteiger partial charge in [0.1, 0.15) is 5.82 Å². The number of rotatable bonds is 5. The highest BCUT2D eigenvalue weighted by Gasteiger charge is 2.18. The number of hydrogen-bond donors (Lipinski definition) is 1. The van der Waals surface area contributed by atoms with E-state index in [1.807, 2.05) is 32.0 Å². The number of nitrogens with one attached hydrogen (secondary N) is 1. The monoisotopic (exact) mass is 363 g/mol. The van der Waals surface area contributed by atoms with Gasteiger partial charge in [-0.1, -0.05) is 64.1 Å². The molecular weight excluding hydrogens is 334 g/mol. The fraction of sp³-hybridized carbons (Fsp3) is 0.391. The van der Waals surface area contributed by atoms with E-state index in [1.54, 1.807) is 0 Å². The standard InChI is InChI=1S/C23H29N3O/c1-6-21(27)24-16(2)22-25-19-9-7-8-10-20(19)26(22)15-17-11-13-18(14-12-17)23(3,4)5/h7-14,16H,6,15H2,1-5H3,(H,24,27). The number of imidazole rings is 1. The first-order valence-corrected chi connectivity index (χ1v) is 9.63. The predicted molar refractivity (Wildman–Crippen MR) is 111 cm³/mol. The van der Waals surface area contributed by atoms with E-state index in [1.165, 1.54) is 11.1 Å². The van der Waals surface area contributed by atoms with Crippen LogP contribution in [0.25, 0.3) is 11.0 Å². The van der Waals surface area contributed by atoms with E-state index in [0.717, 1.165) is 23.4 Å². The zero-order valence-corrected chi connectivity index (χ0v) is 16.9. The lowest BCUT2D eigenvalue weighted by molar-refractivity contribution is -0.121. The maximum atomic E-state index is 11.9. The molecule has 0 fully saturated rings. The number of amides is 1. The van der Waals surface area contributed by atoms with Crippen molar-refractivity contribution in [1.29, 1.82) is 0 Å². The van der Waals surface area contributed by atoms with Gasteiger partial charge < -0.3 is 9.88 Å². The number of benzene rings is 2. The Morgan fingerprint density at radius 1 is 1.11 bits per heavy atom. The number of carbonyl (C=O) groups excluding carboxylic acids is 1. The van der Waals surface area contributed by atoms with Gasteiger partial charge >= 0.3 is 0 Å². The summed E-state index contributed by atoms with van der Waals surface area (Å²) in [6, 6.07) is 16.8. The van der Waals surface area contributed by atoms with Crippen molar-refractivity contribution in [2.75, 3.05) is 0 Å². The summed E-state index contributed by atoms with van der Waals surface area (Å²) in [5.41, 5.74) is 4.73. The molecule has 0 spiro atoms. The second kappa shape index (κ2) is 7.55. The Kier molecular flexibility index (Phi) is 5.36. The van der Waals surface area contributed by atoms with Crippen molar-refractivity contribution < 1.29 is 4.79 Å². The molecule has 142 valence electrons. The number of nitrogens with zero attached hydrogens (tertiary/aromatic N) is 2. The van der Waals surface area contributed by atoms with E-state index in [0.29, 0.717) is 6.42 Å². The van der Waals surface area contributed by atoms with Gasteiger partial charge in [-0.15, -0.1) is 0 Å². The maximum absolute atomic E-state index is 11.9. The second-order valence-corrected chi connectivity index (χ2v) is 8.13. The Bertz CT molecular complexity index is 932. The van der Waals surface area contributed by atoms with Crippen molar-refractivity contribution >= 4 is 16.9 Å². The Morgan fingerprint density at radius 3 is 2.41 bits per heavy atom. The van der Waals surface area contributed by atoms with Crippen molar-refractivity contribution in [2.24, 2.45) is 0 Å². The summed E-state index contributed by atoms with van der Waals surface area (Å²) in [5.74, 6) is 0.925. The molecule has 1 heterocycles. The van der Waals surface area contributed by atoms with E-state index in [-0.39, 0.29) is 17.4 Å². The van der Waals surface area contributed by atoms with Gasteiger partial charge in [-0.2, -0.15) is 0 Å². The molecule has 4 nitrogen and oxygen atoms in total. The van der Waals surface area contributed by atoms with E-state index >= 15 is 0 Å². The van der Waals surface area contributed by atoms with Gasteiger partial charge in [0.25, 0.3) is 0 Å². The summed E-state index contributed by atoms with van der Waals surface area (Å²) in [5, 5.41) is 3.04. The van der Waals surface area contributed by atoms with Gasteiger partial charge in [0.2, 0.25) is 5.91 Å². The first-order valence-electron chi connectivity index (χ1n) is 9.63. The molecular formula is C23H29N3O. The molecule has 0 aliphatic heterocycles. The van der Waals surface area contributed by atoms with E-state index in [2.05, 4.69) is 61.0 Å². The molecule has 1 aromatic heterocycles. The minimum absolute atomic E-state index is 0.0376. The lowest BCUT2D eigenvalue weighted by Crippen LogP contribution is -2.28. The minimum atomic E-state index is -0.140. The summed E-state index contributed by atoms with van der Waals surface area (Å²) in [7, 11) is 0. The average molecular weight is 364 g/mol. The first-order chi connectivity index (χ1) is 12.8. The largest absolute Gasteiger partial charge is 0.346 e. The van der Waals surface area contributed by atoms with Crippen LogP contribution in [0.5, 0.6) is 0 Å².